The standard InChI is InChI=1S/C25H26O3/c1-17(19-3-9-23(26)10-4-19)15-22(21-7-13-25(28)14-8-21)16-18(2)20-5-11-24(27)12-6-20/h3-15,18,22,26-28H,16H2,1-2H3. The predicted molar refractivity (Wildman–Crippen MR) is 114 cm³/mol. The minimum absolute atomic E-state index is 0.165. The van der Waals surface area contributed by atoms with Crippen LogP contribution in [-0.4, -0.2) is 15.3 Å². The Morgan fingerprint density at radius 1 is 0.714 bits per heavy atom. The first-order valence-corrected chi connectivity index (χ1v) is 9.48. The van der Waals surface area contributed by atoms with E-state index in [1.54, 1.807) is 36.4 Å². The van der Waals surface area contributed by atoms with Gasteiger partial charge in [0, 0.05) is 5.92 Å². The van der Waals surface area contributed by atoms with Gasteiger partial charge in [-0.2, -0.15) is 0 Å². The molecule has 0 aliphatic carbocycles. The van der Waals surface area contributed by atoms with Crippen molar-refractivity contribution in [3.8, 4) is 17.2 Å². The van der Waals surface area contributed by atoms with E-state index in [1.807, 2.05) is 36.4 Å². The summed E-state index contributed by atoms with van der Waals surface area (Å²) in [4.78, 5) is 0. The van der Waals surface area contributed by atoms with Crippen molar-refractivity contribution >= 4 is 5.57 Å². The highest BCUT2D eigenvalue weighted by molar-refractivity contribution is 5.65. The second-order valence-corrected chi connectivity index (χ2v) is 7.32. The third-order valence-electron chi connectivity index (χ3n) is 5.16. The molecule has 0 aromatic heterocycles. The zero-order chi connectivity index (χ0) is 20.1. The van der Waals surface area contributed by atoms with Gasteiger partial charge >= 0.3 is 0 Å². The number of hydrogen-bond donors (Lipinski definition) is 3. The van der Waals surface area contributed by atoms with Crippen molar-refractivity contribution in [2.75, 3.05) is 0 Å². The van der Waals surface area contributed by atoms with Crippen molar-refractivity contribution in [2.45, 2.75) is 32.1 Å². The molecule has 0 saturated heterocycles. The second-order valence-electron chi connectivity index (χ2n) is 7.32. The van der Waals surface area contributed by atoms with E-state index in [4.69, 9.17) is 0 Å². The largest absolute Gasteiger partial charge is 0.508 e. The lowest BCUT2D eigenvalue weighted by molar-refractivity contribution is 0.474. The van der Waals surface area contributed by atoms with Crippen LogP contribution in [0.1, 0.15) is 48.8 Å². The fourth-order valence-electron chi connectivity index (χ4n) is 3.46. The molecule has 0 saturated carbocycles. The minimum Gasteiger partial charge on any atom is -0.508 e. The lowest BCUT2D eigenvalue weighted by Gasteiger charge is -2.20. The third-order valence-corrected chi connectivity index (χ3v) is 5.16. The van der Waals surface area contributed by atoms with E-state index in [1.165, 1.54) is 5.56 Å². The second kappa shape index (κ2) is 8.66. The summed E-state index contributed by atoms with van der Waals surface area (Å²) in [6.07, 6.45) is 3.14. The van der Waals surface area contributed by atoms with Crippen LogP contribution >= 0.6 is 0 Å². The maximum absolute atomic E-state index is 9.65. The summed E-state index contributed by atoms with van der Waals surface area (Å²) >= 11 is 0. The molecule has 2 atom stereocenters. The average Bonchev–Trinajstić information content (AvgIpc) is 2.69. The smallest absolute Gasteiger partial charge is 0.115 e. The summed E-state index contributed by atoms with van der Waals surface area (Å²) in [5.74, 6) is 1.25. The SMILES string of the molecule is CC(=CC(CC(C)c1ccc(O)cc1)c1ccc(O)cc1)c1ccc(O)cc1. The number of allylic oxidation sites excluding steroid dienone is 2. The zero-order valence-corrected chi connectivity index (χ0v) is 16.2. The van der Waals surface area contributed by atoms with Gasteiger partial charge in [-0.05, 0) is 77.9 Å². The van der Waals surface area contributed by atoms with E-state index in [9.17, 15) is 15.3 Å². The Morgan fingerprint density at radius 3 is 1.64 bits per heavy atom. The molecule has 3 aromatic rings. The molecule has 3 nitrogen and oxygen atoms in total. The van der Waals surface area contributed by atoms with Crippen LogP contribution in [0.4, 0.5) is 0 Å². The third kappa shape index (κ3) is 4.95. The van der Waals surface area contributed by atoms with Crippen LogP contribution in [-0.2, 0) is 0 Å². The van der Waals surface area contributed by atoms with Gasteiger partial charge in [0.2, 0.25) is 0 Å². The number of hydrogen-bond acceptors (Lipinski definition) is 3. The van der Waals surface area contributed by atoms with Gasteiger partial charge in [-0.1, -0.05) is 49.4 Å². The highest BCUT2D eigenvalue weighted by Gasteiger charge is 2.16. The lowest BCUT2D eigenvalue weighted by Crippen LogP contribution is -2.03. The van der Waals surface area contributed by atoms with Gasteiger partial charge < -0.3 is 15.3 Å². The fourth-order valence-corrected chi connectivity index (χ4v) is 3.46. The Hall–Kier alpha value is -3.20. The topological polar surface area (TPSA) is 60.7 Å². The Balaban J connectivity index is 1.90. The normalized spacial score (nSPS) is 13.9. The fraction of sp³-hybridized carbons (Fsp3) is 0.200. The maximum atomic E-state index is 9.65. The molecule has 3 rings (SSSR count). The van der Waals surface area contributed by atoms with Gasteiger partial charge in [-0.25, -0.2) is 0 Å². The van der Waals surface area contributed by atoms with E-state index in [0.29, 0.717) is 5.92 Å². The van der Waals surface area contributed by atoms with Crippen LogP contribution in [0.25, 0.3) is 5.57 Å². The van der Waals surface area contributed by atoms with Crippen LogP contribution in [0.15, 0.2) is 78.9 Å². The van der Waals surface area contributed by atoms with Crippen molar-refractivity contribution in [3.63, 3.8) is 0 Å². The molecule has 0 aliphatic rings. The molecular weight excluding hydrogens is 348 g/mol. The zero-order valence-electron chi connectivity index (χ0n) is 16.2. The molecule has 0 spiro atoms. The average molecular weight is 374 g/mol. The van der Waals surface area contributed by atoms with Gasteiger partial charge in [0.25, 0.3) is 0 Å². The molecule has 0 aliphatic heterocycles. The molecule has 0 radical (unpaired) electrons. The minimum atomic E-state index is 0.165. The molecule has 0 heterocycles. The van der Waals surface area contributed by atoms with Gasteiger partial charge in [0.1, 0.15) is 17.2 Å². The molecule has 28 heavy (non-hydrogen) atoms. The highest BCUT2D eigenvalue weighted by atomic mass is 16.3. The molecule has 0 fully saturated rings. The van der Waals surface area contributed by atoms with E-state index in [2.05, 4.69) is 19.9 Å². The molecule has 144 valence electrons. The lowest BCUT2D eigenvalue weighted by atomic mass is 9.84. The molecule has 3 N–H and O–H groups in total. The van der Waals surface area contributed by atoms with Crippen LogP contribution in [0.2, 0.25) is 0 Å². The van der Waals surface area contributed by atoms with Crippen molar-refractivity contribution < 1.29 is 15.3 Å². The van der Waals surface area contributed by atoms with Crippen LogP contribution < -0.4 is 0 Å². The van der Waals surface area contributed by atoms with Crippen molar-refractivity contribution in [1.29, 1.82) is 0 Å². The molecule has 3 heteroatoms. The number of benzene rings is 3. The first-order chi connectivity index (χ1) is 13.4. The van der Waals surface area contributed by atoms with Crippen LogP contribution in [0.5, 0.6) is 17.2 Å². The highest BCUT2D eigenvalue weighted by Crippen LogP contribution is 2.34. The Labute approximate surface area is 166 Å². The molecule has 0 bridgehead atoms. The monoisotopic (exact) mass is 374 g/mol. The quantitative estimate of drug-likeness (QED) is 0.482. The molecule has 3 aromatic carbocycles. The summed E-state index contributed by atoms with van der Waals surface area (Å²) in [6.45, 7) is 4.26. The van der Waals surface area contributed by atoms with Crippen LogP contribution in [0.3, 0.4) is 0 Å². The Morgan fingerprint density at radius 2 is 1.14 bits per heavy atom. The summed E-state index contributed by atoms with van der Waals surface area (Å²) < 4.78 is 0. The van der Waals surface area contributed by atoms with Crippen LogP contribution in [0, 0.1) is 0 Å². The number of aromatic hydroxyl groups is 3. The number of phenolic OH excluding ortho intramolecular Hbond substituents is 3. The number of phenols is 3. The Bertz CT molecular complexity index is 923. The van der Waals surface area contributed by atoms with Gasteiger partial charge in [0.15, 0.2) is 0 Å². The first kappa shape index (κ1) is 19.6. The van der Waals surface area contributed by atoms with E-state index in [-0.39, 0.29) is 23.2 Å². The van der Waals surface area contributed by atoms with Gasteiger partial charge in [-0.3, -0.25) is 0 Å². The van der Waals surface area contributed by atoms with Gasteiger partial charge in [0.05, 0.1) is 0 Å². The van der Waals surface area contributed by atoms with E-state index in [0.717, 1.165) is 23.1 Å². The molecular formula is C25H26O3. The maximum Gasteiger partial charge on any atom is 0.115 e. The predicted octanol–water partition coefficient (Wildman–Crippen LogP) is 6.18. The van der Waals surface area contributed by atoms with E-state index >= 15 is 0 Å². The van der Waals surface area contributed by atoms with Gasteiger partial charge in [-0.15, -0.1) is 0 Å². The molecule has 2 unspecified atom stereocenters. The Kier molecular flexibility index (Phi) is 6.05. The molecule has 0 amide bonds. The summed E-state index contributed by atoms with van der Waals surface area (Å²) in [7, 11) is 0. The van der Waals surface area contributed by atoms with Crippen molar-refractivity contribution in [3.05, 3.63) is 95.6 Å². The van der Waals surface area contributed by atoms with Crippen molar-refractivity contribution in [2.24, 2.45) is 0 Å². The number of rotatable bonds is 6. The summed E-state index contributed by atoms with van der Waals surface area (Å²) in [5.41, 5.74) is 4.52. The summed E-state index contributed by atoms with van der Waals surface area (Å²) in [6, 6.07) is 22.0. The first-order valence-electron chi connectivity index (χ1n) is 9.48. The summed E-state index contributed by atoms with van der Waals surface area (Å²) in [5, 5.41) is 28.7. The van der Waals surface area contributed by atoms with E-state index < -0.39 is 0 Å². The van der Waals surface area contributed by atoms with Crippen molar-refractivity contribution in [1.82, 2.24) is 0 Å².